The normalized spacial score (nSPS) is 13.7. The van der Waals surface area contributed by atoms with Gasteiger partial charge in [-0.1, -0.05) is 141 Å². The van der Waals surface area contributed by atoms with Crippen LogP contribution in [0.4, 0.5) is 5.69 Å². The van der Waals surface area contributed by atoms with Crippen molar-refractivity contribution in [2.45, 2.75) is 206 Å². The smallest absolute Gasteiger partial charge is 0.305 e. The minimum absolute atomic E-state index is 0.0883. The molecule has 0 atom stereocenters. The average molecular weight is 808 g/mol. The Morgan fingerprint density at radius 2 is 0.966 bits per heavy atom. The highest BCUT2D eigenvalue weighted by Gasteiger charge is 2.22. The van der Waals surface area contributed by atoms with E-state index in [1.807, 2.05) is 12.4 Å². The molecular weight excluding hydrogens is 719 g/mol. The molecule has 7 nitrogen and oxygen atoms in total. The van der Waals surface area contributed by atoms with Gasteiger partial charge in [0.25, 0.3) is 0 Å². The third-order valence-electron chi connectivity index (χ3n) is 11.8. The number of ether oxygens (including phenoxy) is 2. The standard InChI is InChI=1S/C51H89N3O4/c1-3-5-7-9-11-13-15-17-19-21-23-25-27-29-31-33-50(55)57-45-43-53(47-48-37-41-54(42-38-48)49-35-39-52-40-36-49)44-46-58-51(56)34-32-30-28-26-24-22-20-18-16-14-12-10-8-6-4-2/h17-20,35-36,39-40,48H,3-16,21-34,37-38,41-47H2,1-2H3/b19-17-,20-18-. The van der Waals surface area contributed by atoms with E-state index in [1.54, 1.807) is 0 Å². The van der Waals surface area contributed by atoms with E-state index in [-0.39, 0.29) is 11.9 Å². The molecule has 0 N–H and O–H groups in total. The molecule has 1 saturated heterocycles. The molecule has 2 heterocycles. The van der Waals surface area contributed by atoms with Crippen LogP contribution in [0, 0.1) is 5.92 Å². The van der Waals surface area contributed by atoms with Crippen molar-refractivity contribution in [3.63, 3.8) is 0 Å². The lowest BCUT2D eigenvalue weighted by molar-refractivity contribution is -0.144. The van der Waals surface area contributed by atoms with Crippen molar-refractivity contribution in [2.75, 3.05) is 50.8 Å². The predicted octanol–water partition coefficient (Wildman–Crippen LogP) is 13.8. The quantitative estimate of drug-likeness (QED) is 0.0373. The zero-order chi connectivity index (χ0) is 41.4. The van der Waals surface area contributed by atoms with Crippen LogP contribution < -0.4 is 4.90 Å². The van der Waals surface area contributed by atoms with Crippen LogP contribution in [0.3, 0.4) is 0 Å². The summed E-state index contributed by atoms with van der Waals surface area (Å²) in [6.07, 6.45) is 48.9. The second kappa shape index (κ2) is 38.5. The van der Waals surface area contributed by atoms with Gasteiger partial charge in [0, 0.05) is 63.6 Å². The first kappa shape index (κ1) is 51.5. The second-order valence-electron chi connectivity index (χ2n) is 17.0. The van der Waals surface area contributed by atoms with Gasteiger partial charge in [0.15, 0.2) is 0 Å². The molecule has 332 valence electrons. The van der Waals surface area contributed by atoms with Crippen LogP contribution in [0.2, 0.25) is 0 Å². The zero-order valence-electron chi connectivity index (χ0n) is 37.8. The molecule has 0 amide bonds. The van der Waals surface area contributed by atoms with E-state index >= 15 is 0 Å². The molecule has 1 aromatic heterocycles. The second-order valence-corrected chi connectivity index (χ2v) is 17.0. The summed E-state index contributed by atoms with van der Waals surface area (Å²) in [4.78, 5) is 34.1. The third-order valence-corrected chi connectivity index (χ3v) is 11.8. The fourth-order valence-electron chi connectivity index (χ4n) is 7.99. The molecule has 0 aromatic carbocycles. The predicted molar refractivity (Wildman–Crippen MR) is 246 cm³/mol. The number of rotatable bonds is 39. The van der Waals surface area contributed by atoms with Crippen LogP contribution in [0.25, 0.3) is 0 Å². The molecular formula is C51H89N3O4. The number of allylic oxidation sites excluding steroid dienone is 4. The molecule has 58 heavy (non-hydrogen) atoms. The van der Waals surface area contributed by atoms with Gasteiger partial charge in [0.2, 0.25) is 0 Å². The van der Waals surface area contributed by atoms with Crippen molar-refractivity contribution in [1.82, 2.24) is 9.88 Å². The van der Waals surface area contributed by atoms with E-state index < -0.39 is 0 Å². The molecule has 1 aliphatic rings. The third kappa shape index (κ3) is 30.4. The maximum atomic E-state index is 12.6. The summed E-state index contributed by atoms with van der Waals surface area (Å²) in [5.41, 5.74) is 1.24. The molecule has 1 fully saturated rings. The average Bonchev–Trinajstić information content (AvgIpc) is 3.24. The molecule has 7 heteroatoms. The lowest BCUT2D eigenvalue weighted by atomic mass is 9.96. The van der Waals surface area contributed by atoms with Crippen LogP contribution in [0.5, 0.6) is 0 Å². The molecule has 0 bridgehead atoms. The van der Waals surface area contributed by atoms with Crippen molar-refractivity contribution >= 4 is 17.6 Å². The van der Waals surface area contributed by atoms with Gasteiger partial charge in [-0.05, 0) is 95.1 Å². The Bertz CT molecular complexity index is 1080. The van der Waals surface area contributed by atoms with Gasteiger partial charge in [-0.2, -0.15) is 0 Å². The Labute approximate surface area is 357 Å². The molecule has 0 spiro atoms. The number of piperidine rings is 1. The van der Waals surface area contributed by atoms with Gasteiger partial charge in [0.1, 0.15) is 13.2 Å². The maximum absolute atomic E-state index is 12.6. The Morgan fingerprint density at radius 3 is 1.38 bits per heavy atom. The monoisotopic (exact) mass is 808 g/mol. The van der Waals surface area contributed by atoms with E-state index in [1.165, 1.54) is 147 Å². The number of pyridine rings is 1. The van der Waals surface area contributed by atoms with Gasteiger partial charge >= 0.3 is 11.9 Å². The van der Waals surface area contributed by atoms with E-state index in [0.29, 0.717) is 45.1 Å². The first-order valence-electron chi connectivity index (χ1n) is 24.6. The summed E-state index contributed by atoms with van der Waals surface area (Å²) in [5.74, 6) is 0.389. The minimum Gasteiger partial charge on any atom is -0.464 e. The van der Waals surface area contributed by atoms with Crippen LogP contribution >= 0.6 is 0 Å². The summed E-state index contributed by atoms with van der Waals surface area (Å²) in [7, 11) is 0. The lowest BCUT2D eigenvalue weighted by Gasteiger charge is -2.36. The summed E-state index contributed by atoms with van der Waals surface area (Å²) >= 11 is 0. The molecule has 0 unspecified atom stereocenters. The van der Waals surface area contributed by atoms with Crippen LogP contribution in [-0.4, -0.2) is 67.8 Å². The van der Waals surface area contributed by atoms with Crippen LogP contribution in [-0.2, 0) is 19.1 Å². The minimum atomic E-state index is -0.0883. The largest absolute Gasteiger partial charge is 0.464 e. The maximum Gasteiger partial charge on any atom is 0.305 e. The number of unbranched alkanes of at least 4 members (excludes halogenated alkanes) is 22. The lowest BCUT2D eigenvalue weighted by Crippen LogP contribution is -2.41. The number of nitrogens with zero attached hydrogens (tertiary/aromatic N) is 3. The van der Waals surface area contributed by atoms with Crippen molar-refractivity contribution in [3.05, 3.63) is 48.8 Å². The fourth-order valence-corrected chi connectivity index (χ4v) is 7.99. The summed E-state index contributed by atoms with van der Waals surface area (Å²) in [5, 5.41) is 0. The summed E-state index contributed by atoms with van der Waals surface area (Å²) < 4.78 is 11.4. The van der Waals surface area contributed by atoms with E-state index in [4.69, 9.17) is 9.47 Å². The molecule has 1 aromatic rings. The molecule has 2 rings (SSSR count). The Kier molecular flexibility index (Phi) is 34.2. The van der Waals surface area contributed by atoms with E-state index in [2.05, 4.69) is 65.1 Å². The molecule has 0 radical (unpaired) electrons. The van der Waals surface area contributed by atoms with Crippen molar-refractivity contribution in [1.29, 1.82) is 0 Å². The highest BCUT2D eigenvalue weighted by atomic mass is 16.5. The van der Waals surface area contributed by atoms with Gasteiger partial charge < -0.3 is 14.4 Å². The first-order valence-corrected chi connectivity index (χ1v) is 24.6. The highest BCUT2D eigenvalue weighted by molar-refractivity contribution is 5.69. The number of esters is 2. The Hall–Kier alpha value is -2.67. The molecule has 0 aliphatic carbocycles. The Balaban J connectivity index is 1.57. The summed E-state index contributed by atoms with van der Waals surface area (Å²) in [6, 6.07) is 4.17. The van der Waals surface area contributed by atoms with Gasteiger partial charge in [0.05, 0.1) is 0 Å². The number of aromatic nitrogens is 1. The van der Waals surface area contributed by atoms with Gasteiger partial charge in [-0.15, -0.1) is 0 Å². The zero-order valence-corrected chi connectivity index (χ0v) is 37.8. The molecule has 1 aliphatic heterocycles. The number of carbonyl (C=O) groups is 2. The highest BCUT2D eigenvalue weighted by Crippen LogP contribution is 2.23. The van der Waals surface area contributed by atoms with Crippen LogP contribution in [0.15, 0.2) is 48.8 Å². The number of anilines is 1. The van der Waals surface area contributed by atoms with Gasteiger partial charge in [-0.3, -0.25) is 19.5 Å². The number of hydrogen-bond donors (Lipinski definition) is 0. The first-order chi connectivity index (χ1) is 28.6. The summed E-state index contributed by atoms with van der Waals surface area (Å²) in [6.45, 7) is 9.66. The Morgan fingerprint density at radius 1 is 0.586 bits per heavy atom. The van der Waals surface area contributed by atoms with E-state index in [0.717, 1.165) is 58.2 Å². The van der Waals surface area contributed by atoms with Crippen LogP contribution in [0.1, 0.15) is 206 Å². The SMILES string of the molecule is CCCCCCCC/C=C\CCCCCCCC(=O)OCCN(CCOC(=O)CCCCCCC/C=C\CCCCCCCC)CC1CCN(c2ccncc2)CC1. The topological polar surface area (TPSA) is 72.0 Å². The fraction of sp³-hybridized carbons (Fsp3) is 0.784. The van der Waals surface area contributed by atoms with Crippen molar-refractivity contribution in [3.8, 4) is 0 Å². The van der Waals surface area contributed by atoms with Crippen molar-refractivity contribution < 1.29 is 19.1 Å². The number of hydrogen-bond acceptors (Lipinski definition) is 7. The van der Waals surface area contributed by atoms with E-state index in [9.17, 15) is 9.59 Å². The van der Waals surface area contributed by atoms with Gasteiger partial charge in [-0.25, -0.2) is 0 Å². The van der Waals surface area contributed by atoms with Crippen molar-refractivity contribution in [2.24, 2.45) is 5.92 Å². The number of carbonyl (C=O) groups excluding carboxylic acids is 2. The molecule has 0 saturated carbocycles.